The first-order valence-corrected chi connectivity index (χ1v) is 9.37. The summed E-state index contributed by atoms with van der Waals surface area (Å²) in [6, 6.07) is 17.0. The smallest absolute Gasteiger partial charge is 0.272 e. The second-order valence-electron chi connectivity index (χ2n) is 6.80. The van der Waals surface area contributed by atoms with E-state index in [1.165, 1.54) is 12.3 Å². The van der Waals surface area contributed by atoms with Gasteiger partial charge in [-0.3, -0.25) is 4.79 Å². The van der Waals surface area contributed by atoms with E-state index in [1.54, 1.807) is 17.0 Å². The van der Waals surface area contributed by atoms with Crippen molar-refractivity contribution in [3.63, 3.8) is 0 Å². The van der Waals surface area contributed by atoms with Gasteiger partial charge < -0.3 is 15.1 Å². The molecule has 0 radical (unpaired) electrons. The topological polar surface area (TPSA) is 48.5 Å². The van der Waals surface area contributed by atoms with Gasteiger partial charge in [-0.15, -0.1) is 0 Å². The molecule has 3 aromatic rings. The van der Waals surface area contributed by atoms with Crippen LogP contribution in [0.25, 0.3) is 0 Å². The predicted octanol–water partition coefficient (Wildman–Crippen LogP) is 4.07. The number of carbonyl (C=O) groups excluding carboxylic acids is 1. The minimum atomic E-state index is -0.926. The Kier molecular flexibility index (Phi) is 5.37. The average molecular weight is 394 g/mol. The highest BCUT2D eigenvalue weighted by atomic mass is 19.2. The van der Waals surface area contributed by atoms with E-state index in [1.807, 2.05) is 18.2 Å². The Bertz CT molecular complexity index is 987. The number of carbonyl (C=O) groups is 1. The third kappa shape index (κ3) is 4.34. The van der Waals surface area contributed by atoms with Crippen LogP contribution in [0.3, 0.4) is 0 Å². The Morgan fingerprint density at radius 1 is 0.862 bits per heavy atom. The number of hydrogen-bond donors (Lipinski definition) is 1. The Morgan fingerprint density at radius 3 is 2.24 bits per heavy atom. The highest BCUT2D eigenvalue weighted by Gasteiger charge is 2.23. The maximum atomic E-state index is 13.3. The second-order valence-corrected chi connectivity index (χ2v) is 6.80. The number of hydrogen-bond acceptors (Lipinski definition) is 4. The van der Waals surface area contributed by atoms with Gasteiger partial charge in [0, 0.05) is 43.6 Å². The Balaban J connectivity index is 1.36. The van der Waals surface area contributed by atoms with Crippen LogP contribution in [0.1, 0.15) is 10.5 Å². The molecule has 2 heterocycles. The van der Waals surface area contributed by atoms with Gasteiger partial charge in [-0.05, 0) is 36.4 Å². The molecule has 1 saturated heterocycles. The summed E-state index contributed by atoms with van der Waals surface area (Å²) in [5, 5.41) is 2.94. The van der Waals surface area contributed by atoms with Crippen LogP contribution < -0.4 is 10.2 Å². The van der Waals surface area contributed by atoms with Crippen molar-refractivity contribution < 1.29 is 13.6 Å². The van der Waals surface area contributed by atoms with E-state index in [9.17, 15) is 13.6 Å². The molecular formula is C22H20F2N4O. The quantitative estimate of drug-likeness (QED) is 0.725. The number of amides is 1. The molecule has 1 aromatic heterocycles. The molecule has 0 atom stereocenters. The Labute approximate surface area is 167 Å². The minimum absolute atomic E-state index is 0.114. The largest absolute Gasteiger partial charge is 0.368 e. The highest BCUT2D eigenvalue weighted by Crippen LogP contribution is 2.20. The van der Waals surface area contributed by atoms with Crippen molar-refractivity contribution in [3.05, 3.63) is 84.2 Å². The third-order valence-corrected chi connectivity index (χ3v) is 4.88. The molecular weight excluding hydrogens is 374 g/mol. The molecule has 1 N–H and O–H groups in total. The summed E-state index contributed by atoms with van der Waals surface area (Å²) in [6.45, 7) is 2.80. The van der Waals surface area contributed by atoms with Crippen LogP contribution in [-0.2, 0) is 0 Å². The van der Waals surface area contributed by atoms with Gasteiger partial charge in [0.25, 0.3) is 5.91 Å². The summed E-state index contributed by atoms with van der Waals surface area (Å²) >= 11 is 0. The summed E-state index contributed by atoms with van der Waals surface area (Å²) in [5.74, 6) is -1.94. The lowest BCUT2D eigenvalue weighted by Gasteiger charge is -2.36. The molecule has 1 aliphatic heterocycles. The molecule has 1 aliphatic rings. The molecule has 0 spiro atoms. The van der Waals surface area contributed by atoms with Crippen molar-refractivity contribution in [2.75, 3.05) is 36.4 Å². The Morgan fingerprint density at radius 2 is 1.59 bits per heavy atom. The third-order valence-electron chi connectivity index (χ3n) is 4.88. The molecule has 1 fully saturated rings. The van der Waals surface area contributed by atoms with E-state index in [4.69, 9.17) is 0 Å². The number of halogens is 2. The van der Waals surface area contributed by atoms with Crippen molar-refractivity contribution in [2.45, 2.75) is 0 Å². The summed E-state index contributed by atoms with van der Waals surface area (Å²) in [6.07, 6.45) is 1.51. The fourth-order valence-electron chi connectivity index (χ4n) is 3.30. The van der Waals surface area contributed by atoms with E-state index >= 15 is 0 Å². The number of nitrogens with one attached hydrogen (secondary N) is 1. The summed E-state index contributed by atoms with van der Waals surface area (Å²) in [4.78, 5) is 21.0. The molecule has 148 valence electrons. The van der Waals surface area contributed by atoms with Crippen molar-refractivity contribution in [1.82, 2.24) is 9.88 Å². The lowest BCUT2D eigenvalue weighted by Crippen LogP contribution is -2.49. The van der Waals surface area contributed by atoms with Crippen LogP contribution in [-0.4, -0.2) is 42.0 Å². The van der Waals surface area contributed by atoms with Crippen LogP contribution in [0, 0.1) is 11.6 Å². The van der Waals surface area contributed by atoms with Gasteiger partial charge in [0.05, 0.1) is 11.9 Å². The molecule has 7 heteroatoms. The van der Waals surface area contributed by atoms with Gasteiger partial charge in [0.1, 0.15) is 5.69 Å². The number of aromatic nitrogens is 1. The molecule has 5 nitrogen and oxygen atoms in total. The lowest BCUT2D eigenvalue weighted by atomic mass is 10.2. The van der Waals surface area contributed by atoms with Crippen LogP contribution in [0.15, 0.2) is 66.9 Å². The average Bonchev–Trinajstić information content (AvgIpc) is 2.77. The SMILES string of the molecule is O=C(c1ccc(Nc2ccc(F)c(F)c2)cn1)N1CCN(c2ccccc2)CC1. The number of anilines is 3. The van der Waals surface area contributed by atoms with Crippen LogP contribution in [0.4, 0.5) is 25.8 Å². The van der Waals surface area contributed by atoms with Crippen molar-refractivity contribution in [2.24, 2.45) is 0 Å². The standard InChI is InChI=1S/C22H20F2N4O/c23-19-8-6-16(14-20(19)24)26-17-7-9-21(25-15-17)22(29)28-12-10-27(11-13-28)18-4-2-1-3-5-18/h1-9,14-15,26H,10-13H2. The van der Waals surface area contributed by atoms with Crippen molar-refractivity contribution in [3.8, 4) is 0 Å². The minimum Gasteiger partial charge on any atom is -0.368 e. The normalized spacial score (nSPS) is 14.0. The molecule has 0 aliphatic carbocycles. The first-order chi connectivity index (χ1) is 14.1. The zero-order valence-electron chi connectivity index (χ0n) is 15.7. The zero-order chi connectivity index (χ0) is 20.2. The van der Waals surface area contributed by atoms with Crippen molar-refractivity contribution >= 4 is 23.0 Å². The van der Waals surface area contributed by atoms with Crippen molar-refractivity contribution in [1.29, 1.82) is 0 Å². The van der Waals surface area contributed by atoms with Gasteiger partial charge in [-0.1, -0.05) is 18.2 Å². The molecule has 0 bridgehead atoms. The number of nitrogens with zero attached hydrogens (tertiary/aromatic N) is 3. The monoisotopic (exact) mass is 394 g/mol. The fraction of sp³-hybridized carbons (Fsp3) is 0.182. The fourth-order valence-corrected chi connectivity index (χ4v) is 3.30. The number of benzene rings is 2. The lowest BCUT2D eigenvalue weighted by molar-refractivity contribution is 0.0741. The van der Waals surface area contributed by atoms with Gasteiger partial charge in [0.15, 0.2) is 11.6 Å². The second kappa shape index (κ2) is 8.26. The predicted molar refractivity (Wildman–Crippen MR) is 108 cm³/mol. The van der Waals surface area contributed by atoms with Gasteiger partial charge in [-0.25, -0.2) is 13.8 Å². The zero-order valence-corrected chi connectivity index (χ0v) is 15.7. The summed E-state index contributed by atoms with van der Waals surface area (Å²) < 4.78 is 26.3. The van der Waals surface area contributed by atoms with E-state index in [2.05, 4.69) is 27.3 Å². The molecule has 2 aromatic carbocycles. The summed E-state index contributed by atoms with van der Waals surface area (Å²) in [5.41, 5.74) is 2.50. The molecule has 29 heavy (non-hydrogen) atoms. The van der Waals surface area contributed by atoms with Crippen LogP contribution in [0.5, 0.6) is 0 Å². The van der Waals surface area contributed by atoms with Gasteiger partial charge >= 0.3 is 0 Å². The van der Waals surface area contributed by atoms with E-state index in [0.29, 0.717) is 30.2 Å². The maximum absolute atomic E-state index is 13.3. The van der Waals surface area contributed by atoms with E-state index in [0.717, 1.165) is 30.9 Å². The van der Waals surface area contributed by atoms with E-state index in [-0.39, 0.29) is 5.91 Å². The number of para-hydroxylation sites is 1. The van der Waals surface area contributed by atoms with Gasteiger partial charge in [0.2, 0.25) is 0 Å². The molecule has 0 saturated carbocycles. The van der Waals surface area contributed by atoms with Gasteiger partial charge in [-0.2, -0.15) is 0 Å². The first-order valence-electron chi connectivity index (χ1n) is 9.37. The first kappa shape index (κ1) is 18.9. The molecule has 1 amide bonds. The van der Waals surface area contributed by atoms with E-state index < -0.39 is 11.6 Å². The molecule has 0 unspecified atom stereocenters. The van der Waals surface area contributed by atoms with Crippen LogP contribution in [0.2, 0.25) is 0 Å². The highest BCUT2D eigenvalue weighted by molar-refractivity contribution is 5.92. The Hall–Kier alpha value is -3.48. The maximum Gasteiger partial charge on any atom is 0.272 e. The number of rotatable bonds is 4. The summed E-state index contributed by atoms with van der Waals surface area (Å²) in [7, 11) is 0. The number of piperazine rings is 1. The van der Waals surface area contributed by atoms with Crippen LogP contribution >= 0.6 is 0 Å². The molecule has 4 rings (SSSR count). The number of pyridine rings is 1.